The van der Waals surface area contributed by atoms with Gasteiger partial charge in [-0.3, -0.25) is 0 Å². The zero-order valence-corrected chi connectivity index (χ0v) is 11.0. The Morgan fingerprint density at radius 1 is 0.882 bits per heavy atom. The predicted molar refractivity (Wildman–Crippen MR) is 58.9 cm³/mol. The van der Waals surface area contributed by atoms with E-state index in [2.05, 4.69) is 5.16 Å². The molecule has 98 valence electrons. The molecule has 0 saturated heterocycles. The molecule has 0 aliphatic carbocycles. The van der Waals surface area contributed by atoms with Crippen molar-refractivity contribution in [3.63, 3.8) is 0 Å². The second-order valence-electron chi connectivity index (χ2n) is 6.23. The molecule has 0 unspecified atom stereocenters. The highest BCUT2D eigenvalue weighted by Gasteiger charge is 2.45. The van der Waals surface area contributed by atoms with Crippen LogP contribution in [0.25, 0.3) is 0 Å². The molecule has 1 heterocycles. The van der Waals surface area contributed by atoms with Crippen LogP contribution < -0.4 is 0 Å². The van der Waals surface area contributed by atoms with Gasteiger partial charge in [0.05, 0.1) is 0 Å². The van der Waals surface area contributed by atoms with Crippen molar-refractivity contribution in [2.75, 3.05) is 0 Å². The molecule has 0 bridgehead atoms. The van der Waals surface area contributed by atoms with Gasteiger partial charge in [0.15, 0.2) is 5.76 Å². The lowest BCUT2D eigenvalue weighted by atomic mass is 9.83. The monoisotopic (exact) mass is 249 g/mol. The average molecular weight is 249 g/mol. The van der Waals surface area contributed by atoms with Crippen molar-refractivity contribution in [3.8, 4) is 0 Å². The van der Waals surface area contributed by atoms with Gasteiger partial charge in [-0.25, -0.2) is 0 Å². The molecule has 5 heteroatoms. The van der Waals surface area contributed by atoms with E-state index in [4.69, 9.17) is 4.52 Å². The highest BCUT2D eigenvalue weighted by Crippen LogP contribution is 2.43. The summed E-state index contributed by atoms with van der Waals surface area (Å²) in [5.41, 5.74) is -2.17. The Bertz CT molecular complexity index is 373. The van der Waals surface area contributed by atoms with E-state index in [0.29, 0.717) is 0 Å². The summed E-state index contributed by atoms with van der Waals surface area (Å²) in [5, 5.41) is 3.63. The molecule has 1 rings (SSSR count). The molecule has 0 aliphatic rings. The van der Waals surface area contributed by atoms with E-state index in [1.807, 2.05) is 0 Å². The molecule has 1 aromatic rings. The Hall–Kier alpha value is -1.00. The van der Waals surface area contributed by atoms with E-state index in [1.54, 1.807) is 41.5 Å². The minimum absolute atomic E-state index is 0.0325. The zero-order valence-electron chi connectivity index (χ0n) is 11.0. The van der Waals surface area contributed by atoms with Crippen LogP contribution in [-0.2, 0) is 17.0 Å². The molecule has 0 atom stereocenters. The Kier molecular flexibility index (Phi) is 3.10. The standard InChI is InChI=1S/C12H18F3NO/c1-10(2,3)8-7(12(13,14)15)9(17-16-8)11(4,5)6/h1-6H3. The van der Waals surface area contributed by atoms with E-state index in [-0.39, 0.29) is 11.5 Å². The molecule has 0 N–H and O–H groups in total. The van der Waals surface area contributed by atoms with Crippen molar-refractivity contribution in [1.29, 1.82) is 0 Å². The summed E-state index contributed by atoms with van der Waals surface area (Å²) in [4.78, 5) is 0. The van der Waals surface area contributed by atoms with Gasteiger partial charge in [-0.2, -0.15) is 13.2 Å². The number of rotatable bonds is 0. The minimum Gasteiger partial charge on any atom is -0.360 e. The molecule has 0 aliphatic heterocycles. The number of aromatic nitrogens is 1. The lowest BCUT2D eigenvalue weighted by Crippen LogP contribution is -2.23. The van der Waals surface area contributed by atoms with Crippen molar-refractivity contribution in [2.24, 2.45) is 0 Å². The normalized spacial score (nSPS) is 14.2. The zero-order chi connectivity index (χ0) is 13.6. The number of hydrogen-bond acceptors (Lipinski definition) is 2. The summed E-state index contributed by atoms with van der Waals surface area (Å²) < 4.78 is 44.3. The fraction of sp³-hybridized carbons (Fsp3) is 0.750. The Balaban J connectivity index is 3.53. The Morgan fingerprint density at radius 3 is 1.65 bits per heavy atom. The summed E-state index contributed by atoms with van der Waals surface area (Å²) in [5.74, 6) is -0.102. The first-order valence-electron chi connectivity index (χ1n) is 5.43. The molecule has 1 aromatic heterocycles. The largest absolute Gasteiger partial charge is 0.421 e. The van der Waals surface area contributed by atoms with Crippen molar-refractivity contribution in [3.05, 3.63) is 17.0 Å². The third-order valence-corrected chi connectivity index (χ3v) is 2.37. The minimum atomic E-state index is -4.44. The van der Waals surface area contributed by atoms with Gasteiger partial charge in [-0.1, -0.05) is 46.7 Å². The van der Waals surface area contributed by atoms with Gasteiger partial charge in [0.25, 0.3) is 0 Å². The first-order chi connectivity index (χ1) is 7.35. The first kappa shape index (κ1) is 14.1. The van der Waals surface area contributed by atoms with Crippen molar-refractivity contribution in [1.82, 2.24) is 5.16 Å². The molecule has 0 spiro atoms. The van der Waals surface area contributed by atoms with E-state index < -0.39 is 22.6 Å². The van der Waals surface area contributed by atoms with Gasteiger partial charge in [0.2, 0.25) is 0 Å². The van der Waals surface area contributed by atoms with Crippen LogP contribution in [0.3, 0.4) is 0 Å². The highest BCUT2D eigenvalue weighted by molar-refractivity contribution is 5.34. The van der Waals surface area contributed by atoms with Crippen LogP contribution in [0.2, 0.25) is 0 Å². The van der Waals surface area contributed by atoms with Gasteiger partial charge in [-0.15, -0.1) is 0 Å². The van der Waals surface area contributed by atoms with Crippen LogP contribution in [0.15, 0.2) is 4.52 Å². The van der Waals surface area contributed by atoms with Crippen molar-refractivity contribution < 1.29 is 17.7 Å². The van der Waals surface area contributed by atoms with Gasteiger partial charge >= 0.3 is 6.18 Å². The molecular formula is C12H18F3NO. The van der Waals surface area contributed by atoms with E-state index in [9.17, 15) is 13.2 Å². The van der Waals surface area contributed by atoms with Crippen LogP contribution in [0, 0.1) is 0 Å². The maximum absolute atomic E-state index is 13.1. The van der Waals surface area contributed by atoms with Gasteiger partial charge in [0, 0.05) is 10.8 Å². The Morgan fingerprint density at radius 2 is 1.35 bits per heavy atom. The predicted octanol–water partition coefficient (Wildman–Crippen LogP) is 4.29. The second-order valence-corrected chi connectivity index (χ2v) is 6.23. The fourth-order valence-corrected chi connectivity index (χ4v) is 1.58. The summed E-state index contributed by atoms with van der Waals surface area (Å²) in [7, 11) is 0. The van der Waals surface area contributed by atoms with Crippen molar-refractivity contribution >= 4 is 0 Å². The molecular weight excluding hydrogens is 231 g/mol. The molecule has 17 heavy (non-hydrogen) atoms. The van der Waals surface area contributed by atoms with Crippen molar-refractivity contribution in [2.45, 2.75) is 58.5 Å². The van der Waals surface area contributed by atoms with E-state index in [0.717, 1.165) is 0 Å². The maximum atomic E-state index is 13.1. The first-order valence-corrected chi connectivity index (χ1v) is 5.43. The molecule has 0 radical (unpaired) electrons. The fourth-order valence-electron chi connectivity index (χ4n) is 1.58. The lowest BCUT2D eigenvalue weighted by molar-refractivity contribution is -0.140. The average Bonchev–Trinajstić information content (AvgIpc) is 2.42. The number of nitrogens with zero attached hydrogens (tertiary/aromatic N) is 1. The number of hydrogen-bond donors (Lipinski definition) is 0. The summed E-state index contributed by atoms with van der Waals surface area (Å²) in [6.07, 6.45) is -4.44. The second kappa shape index (κ2) is 3.75. The SMILES string of the molecule is CC(C)(C)c1noc(C(C)(C)C)c1C(F)(F)F. The molecule has 2 nitrogen and oxygen atoms in total. The van der Waals surface area contributed by atoms with Crippen LogP contribution in [0.5, 0.6) is 0 Å². The quantitative estimate of drug-likeness (QED) is 0.685. The Labute approximate surface area is 99.2 Å². The lowest BCUT2D eigenvalue weighted by Gasteiger charge is -2.21. The molecule has 0 fully saturated rings. The van der Waals surface area contributed by atoms with Crippen LogP contribution in [-0.4, -0.2) is 5.16 Å². The van der Waals surface area contributed by atoms with E-state index in [1.165, 1.54) is 0 Å². The molecule has 0 saturated carbocycles. The number of alkyl halides is 3. The van der Waals surface area contributed by atoms with Gasteiger partial charge in [-0.05, 0) is 0 Å². The topological polar surface area (TPSA) is 26.0 Å². The van der Waals surface area contributed by atoms with Gasteiger partial charge < -0.3 is 4.52 Å². The number of halogens is 3. The smallest absolute Gasteiger partial charge is 0.360 e. The molecule has 0 amide bonds. The summed E-state index contributed by atoms with van der Waals surface area (Å²) in [6.45, 7) is 10.1. The van der Waals surface area contributed by atoms with E-state index >= 15 is 0 Å². The summed E-state index contributed by atoms with van der Waals surface area (Å²) >= 11 is 0. The van der Waals surface area contributed by atoms with Gasteiger partial charge in [0.1, 0.15) is 11.3 Å². The molecule has 0 aromatic carbocycles. The highest BCUT2D eigenvalue weighted by atomic mass is 19.4. The summed E-state index contributed by atoms with van der Waals surface area (Å²) in [6, 6.07) is 0. The third-order valence-electron chi connectivity index (χ3n) is 2.37. The van der Waals surface area contributed by atoms with Crippen LogP contribution >= 0.6 is 0 Å². The maximum Gasteiger partial charge on any atom is 0.421 e. The van der Waals surface area contributed by atoms with Crippen LogP contribution in [0.4, 0.5) is 13.2 Å². The third kappa shape index (κ3) is 2.82. The van der Waals surface area contributed by atoms with Crippen LogP contribution in [0.1, 0.15) is 58.6 Å².